The summed E-state index contributed by atoms with van der Waals surface area (Å²) in [7, 11) is 0. The molecular weight excluding hydrogens is 228 g/mol. The van der Waals surface area contributed by atoms with E-state index in [2.05, 4.69) is 35.5 Å². The first-order valence-corrected chi connectivity index (χ1v) is 5.72. The fourth-order valence-corrected chi connectivity index (χ4v) is 1.75. The maximum atomic E-state index is 9.38. The zero-order valence-electron chi connectivity index (χ0n) is 11.2. The largest absolute Gasteiger partial charge is 0.396 e. The van der Waals surface area contributed by atoms with Crippen molar-refractivity contribution < 1.29 is 15.3 Å². The number of hydrogen-bond donors (Lipinski definition) is 3. The number of rotatable bonds is 5. The van der Waals surface area contributed by atoms with E-state index in [1.165, 1.54) is 0 Å². The van der Waals surface area contributed by atoms with Crippen molar-refractivity contribution in [2.45, 2.75) is 27.2 Å². The van der Waals surface area contributed by atoms with Crippen molar-refractivity contribution in [3.8, 4) is 35.5 Å². The van der Waals surface area contributed by atoms with E-state index in [1.807, 2.05) is 0 Å². The first-order chi connectivity index (χ1) is 8.57. The molecule has 0 aromatic rings. The van der Waals surface area contributed by atoms with Crippen LogP contribution >= 0.6 is 0 Å². The smallest absolute Gasteiger partial charge is 0.152 e. The van der Waals surface area contributed by atoms with Gasteiger partial charge in [-0.15, -0.1) is 17.8 Å². The summed E-state index contributed by atoms with van der Waals surface area (Å²) >= 11 is 0. The predicted octanol–water partition coefficient (Wildman–Crippen LogP) is 0.396. The second kappa shape index (κ2) is 7.80. The molecule has 0 aliphatic carbocycles. The molecule has 0 aromatic carbocycles. The molecule has 0 aliphatic rings. The summed E-state index contributed by atoms with van der Waals surface area (Å²) in [5.41, 5.74) is -1.95. The van der Waals surface area contributed by atoms with Crippen LogP contribution in [0.2, 0.25) is 0 Å². The minimum Gasteiger partial charge on any atom is -0.396 e. The third-order valence-corrected chi connectivity index (χ3v) is 2.66. The minimum absolute atomic E-state index is 0.200. The van der Waals surface area contributed by atoms with Gasteiger partial charge in [0.25, 0.3) is 0 Å². The van der Waals surface area contributed by atoms with Crippen LogP contribution in [0.5, 0.6) is 0 Å². The summed E-state index contributed by atoms with van der Waals surface area (Å²) < 4.78 is 0. The molecule has 0 unspecified atom stereocenters. The molecule has 3 N–H and O–H groups in total. The highest BCUT2D eigenvalue weighted by molar-refractivity contribution is 5.38. The van der Waals surface area contributed by atoms with E-state index in [0.717, 1.165) is 0 Å². The molecule has 0 saturated heterocycles. The minimum atomic E-state index is -1.03. The maximum Gasteiger partial charge on any atom is 0.152 e. The van der Waals surface area contributed by atoms with Crippen molar-refractivity contribution in [3.05, 3.63) is 0 Å². The van der Waals surface area contributed by atoms with Crippen LogP contribution in [-0.2, 0) is 0 Å². The third-order valence-electron chi connectivity index (χ3n) is 2.66. The summed E-state index contributed by atoms with van der Waals surface area (Å²) in [5.74, 6) is 17.1. The van der Waals surface area contributed by atoms with E-state index in [4.69, 9.17) is 0 Å². The molecule has 0 aromatic heterocycles. The van der Waals surface area contributed by atoms with Crippen molar-refractivity contribution in [2.24, 2.45) is 10.8 Å². The molecule has 0 rings (SSSR count). The van der Waals surface area contributed by atoms with E-state index in [0.29, 0.717) is 0 Å². The Labute approximate surface area is 109 Å². The zero-order valence-corrected chi connectivity index (χ0v) is 11.2. The Morgan fingerprint density at radius 2 is 1.06 bits per heavy atom. The van der Waals surface area contributed by atoms with Crippen LogP contribution in [0.3, 0.4) is 0 Å². The molecule has 18 heavy (non-hydrogen) atoms. The average molecular weight is 248 g/mol. The molecule has 0 spiro atoms. The van der Waals surface area contributed by atoms with Crippen molar-refractivity contribution in [1.29, 1.82) is 0 Å². The number of hydrogen-bond acceptors (Lipinski definition) is 3. The Kier molecular flexibility index (Phi) is 7.18. The number of aliphatic hydroxyl groups is 3. The fraction of sp³-hybridized carbons (Fsp3) is 0.600. The van der Waals surface area contributed by atoms with Gasteiger partial charge in [0.05, 0.1) is 19.8 Å². The predicted molar refractivity (Wildman–Crippen MR) is 71.1 cm³/mol. The van der Waals surface area contributed by atoms with Gasteiger partial charge in [0.2, 0.25) is 0 Å². The lowest BCUT2D eigenvalue weighted by Crippen LogP contribution is -2.39. The zero-order chi connectivity index (χ0) is 14.1. The molecule has 0 saturated carbocycles. The van der Waals surface area contributed by atoms with Gasteiger partial charge in [-0.1, -0.05) is 17.8 Å². The molecule has 0 bridgehead atoms. The highest BCUT2D eigenvalue weighted by Crippen LogP contribution is 2.33. The molecule has 0 atom stereocenters. The van der Waals surface area contributed by atoms with Gasteiger partial charge in [0, 0.05) is 5.41 Å². The van der Waals surface area contributed by atoms with E-state index < -0.39 is 10.8 Å². The molecule has 0 aliphatic heterocycles. The second-order valence-electron chi connectivity index (χ2n) is 4.18. The summed E-state index contributed by atoms with van der Waals surface area (Å²) in [6.07, 6.45) is 0.200. The van der Waals surface area contributed by atoms with Crippen LogP contribution in [0.25, 0.3) is 0 Å². The first-order valence-electron chi connectivity index (χ1n) is 5.72. The average Bonchev–Trinajstić information content (AvgIpc) is 2.37. The monoisotopic (exact) mass is 248 g/mol. The van der Waals surface area contributed by atoms with Gasteiger partial charge < -0.3 is 15.3 Å². The second-order valence-corrected chi connectivity index (χ2v) is 4.18. The Bertz CT molecular complexity index is 369. The normalized spacial score (nSPS) is 10.3. The first kappa shape index (κ1) is 16.6. The van der Waals surface area contributed by atoms with Gasteiger partial charge in [-0.2, -0.15) is 0 Å². The van der Waals surface area contributed by atoms with Crippen LogP contribution in [0.1, 0.15) is 27.2 Å². The van der Waals surface area contributed by atoms with Crippen LogP contribution in [0.15, 0.2) is 0 Å². The van der Waals surface area contributed by atoms with Gasteiger partial charge >= 0.3 is 0 Å². The summed E-state index contributed by atoms with van der Waals surface area (Å²) in [6.45, 7) is 4.02. The Morgan fingerprint density at radius 3 is 1.28 bits per heavy atom. The standard InChI is InChI=1S/C15H20O3/c1-4-7-14(8-5-2,9-6-3)10-15(11-16,12-17)13-18/h16-18H,10-13H2,1-3H3. The summed E-state index contributed by atoms with van der Waals surface area (Å²) in [5, 5.41) is 28.1. The van der Waals surface area contributed by atoms with E-state index in [-0.39, 0.29) is 26.2 Å². The topological polar surface area (TPSA) is 60.7 Å². The number of aliphatic hydroxyl groups excluding tert-OH is 3. The molecular formula is C15H20O3. The van der Waals surface area contributed by atoms with Crippen molar-refractivity contribution in [3.63, 3.8) is 0 Å². The molecule has 98 valence electrons. The molecule has 0 fully saturated rings. The molecule has 3 heteroatoms. The molecule has 0 radical (unpaired) electrons. The highest BCUT2D eigenvalue weighted by atomic mass is 16.3. The van der Waals surface area contributed by atoms with Crippen LogP contribution in [0.4, 0.5) is 0 Å². The van der Waals surface area contributed by atoms with E-state index >= 15 is 0 Å². The quantitative estimate of drug-likeness (QED) is 0.617. The maximum absolute atomic E-state index is 9.38. The Balaban J connectivity index is 5.60. The van der Waals surface area contributed by atoms with Crippen LogP contribution in [0, 0.1) is 46.4 Å². The SMILES string of the molecule is CC#CC(C#CC)(C#CC)CC(CO)(CO)CO. The lowest BCUT2D eigenvalue weighted by molar-refractivity contribution is -0.00879. The third kappa shape index (κ3) is 4.10. The van der Waals surface area contributed by atoms with Crippen LogP contribution < -0.4 is 0 Å². The van der Waals surface area contributed by atoms with Gasteiger partial charge in [-0.05, 0) is 27.2 Å². The lowest BCUT2D eigenvalue weighted by atomic mass is 9.72. The molecule has 0 heterocycles. The summed E-state index contributed by atoms with van der Waals surface area (Å²) in [4.78, 5) is 0. The Hall–Kier alpha value is -1.44. The lowest BCUT2D eigenvalue weighted by Gasteiger charge is -2.32. The fourth-order valence-electron chi connectivity index (χ4n) is 1.75. The van der Waals surface area contributed by atoms with Crippen molar-refractivity contribution >= 4 is 0 Å². The van der Waals surface area contributed by atoms with Gasteiger partial charge in [-0.3, -0.25) is 0 Å². The van der Waals surface area contributed by atoms with E-state index in [1.54, 1.807) is 20.8 Å². The van der Waals surface area contributed by atoms with Crippen molar-refractivity contribution in [1.82, 2.24) is 0 Å². The van der Waals surface area contributed by atoms with Gasteiger partial charge in [-0.25, -0.2) is 0 Å². The highest BCUT2D eigenvalue weighted by Gasteiger charge is 2.38. The molecule has 0 amide bonds. The molecule has 3 nitrogen and oxygen atoms in total. The van der Waals surface area contributed by atoms with Crippen LogP contribution in [-0.4, -0.2) is 35.1 Å². The van der Waals surface area contributed by atoms with Gasteiger partial charge in [0.1, 0.15) is 0 Å². The van der Waals surface area contributed by atoms with Crippen molar-refractivity contribution in [2.75, 3.05) is 19.8 Å². The summed E-state index contributed by atoms with van der Waals surface area (Å²) in [6, 6.07) is 0. The Morgan fingerprint density at radius 1 is 0.722 bits per heavy atom. The van der Waals surface area contributed by atoms with Gasteiger partial charge in [0.15, 0.2) is 5.41 Å². The van der Waals surface area contributed by atoms with E-state index in [9.17, 15) is 15.3 Å².